The summed E-state index contributed by atoms with van der Waals surface area (Å²) in [6, 6.07) is 5.28. The maximum Gasteiger partial charge on any atom is 0.226 e. The average molecular weight is 327 g/mol. The normalized spacial score (nSPS) is 17.7. The number of carbonyl (C=O) groups excluding carboxylic acids is 1. The molecule has 1 amide bonds. The fourth-order valence-corrected chi connectivity index (χ4v) is 2.49. The van der Waals surface area contributed by atoms with Crippen LogP contribution in [0.1, 0.15) is 19.3 Å². The van der Waals surface area contributed by atoms with E-state index in [9.17, 15) is 4.79 Å². The molecule has 1 aromatic carbocycles. The van der Waals surface area contributed by atoms with E-state index in [0.29, 0.717) is 29.5 Å². The number of likely N-dealkylation sites (N-methyl/N-ethyl adjacent to an activating group) is 1. The number of hydrogen-bond donors (Lipinski definition) is 1. The van der Waals surface area contributed by atoms with Crippen molar-refractivity contribution in [1.29, 1.82) is 0 Å². The number of rotatable bonds is 7. The average Bonchev–Trinajstić information content (AvgIpc) is 2.93. The largest absolute Gasteiger partial charge is 0.491 e. The molecular formula is C16H23ClN2O3. The number of amides is 1. The molecule has 5 nitrogen and oxygen atoms in total. The molecule has 0 aliphatic carbocycles. The van der Waals surface area contributed by atoms with Gasteiger partial charge in [-0.25, -0.2) is 0 Å². The summed E-state index contributed by atoms with van der Waals surface area (Å²) in [6.07, 6.45) is 2.41. The third-order valence-electron chi connectivity index (χ3n) is 3.45. The van der Waals surface area contributed by atoms with E-state index in [-0.39, 0.29) is 12.0 Å². The predicted molar refractivity (Wildman–Crippen MR) is 87.7 cm³/mol. The highest BCUT2D eigenvalue weighted by Gasteiger charge is 2.19. The first-order valence-electron chi connectivity index (χ1n) is 7.53. The van der Waals surface area contributed by atoms with Crippen LogP contribution in [0.5, 0.6) is 5.75 Å². The Morgan fingerprint density at radius 1 is 1.50 bits per heavy atom. The van der Waals surface area contributed by atoms with Gasteiger partial charge in [0.25, 0.3) is 0 Å². The maximum atomic E-state index is 11.9. The number of ether oxygens (including phenoxy) is 2. The molecule has 0 bridgehead atoms. The summed E-state index contributed by atoms with van der Waals surface area (Å²) in [5.74, 6) is 0.574. The van der Waals surface area contributed by atoms with Crippen molar-refractivity contribution in [3.8, 4) is 5.75 Å². The molecule has 1 fully saturated rings. The van der Waals surface area contributed by atoms with Crippen LogP contribution in [-0.4, -0.2) is 50.8 Å². The Labute approximate surface area is 136 Å². The molecule has 1 saturated heterocycles. The van der Waals surface area contributed by atoms with Crippen LogP contribution < -0.4 is 10.1 Å². The lowest BCUT2D eigenvalue weighted by Gasteiger charge is -2.13. The maximum absolute atomic E-state index is 11.9. The van der Waals surface area contributed by atoms with Gasteiger partial charge in [0, 0.05) is 18.8 Å². The topological polar surface area (TPSA) is 50.8 Å². The molecule has 6 heteroatoms. The van der Waals surface area contributed by atoms with Crippen molar-refractivity contribution < 1.29 is 14.3 Å². The zero-order chi connectivity index (χ0) is 15.9. The third-order valence-corrected chi connectivity index (χ3v) is 3.74. The highest BCUT2D eigenvalue weighted by atomic mass is 35.5. The van der Waals surface area contributed by atoms with E-state index in [1.807, 2.05) is 19.0 Å². The van der Waals surface area contributed by atoms with Gasteiger partial charge < -0.3 is 19.7 Å². The molecule has 2 rings (SSSR count). The molecule has 1 aromatic rings. The first kappa shape index (κ1) is 17.1. The van der Waals surface area contributed by atoms with Gasteiger partial charge in [0.1, 0.15) is 12.4 Å². The van der Waals surface area contributed by atoms with E-state index in [1.54, 1.807) is 18.2 Å². The van der Waals surface area contributed by atoms with E-state index in [4.69, 9.17) is 21.1 Å². The quantitative estimate of drug-likeness (QED) is 0.837. The van der Waals surface area contributed by atoms with Gasteiger partial charge in [0.15, 0.2) is 0 Å². The number of carbonyl (C=O) groups is 1. The standard InChI is InChI=1S/C16H23ClN2O3/c1-19(2)7-9-22-15-6-5-12(10-14(15)17)18-16(20)11-13-4-3-8-21-13/h5-6,10,13H,3-4,7-9,11H2,1-2H3,(H,18,20)/t13-/m0/s1. The van der Waals surface area contributed by atoms with Gasteiger partial charge in [0.2, 0.25) is 5.91 Å². The molecule has 0 saturated carbocycles. The molecular weight excluding hydrogens is 304 g/mol. The molecule has 1 heterocycles. The third kappa shape index (κ3) is 5.48. The Bertz CT molecular complexity index is 502. The Morgan fingerprint density at radius 3 is 2.95 bits per heavy atom. The fraction of sp³-hybridized carbons (Fsp3) is 0.562. The first-order valence-corrected chi connectivity index (χ1v) is 7.91. The zero-order valence-electron chi connectivity index (χ0n) is 13.1. The van der Waals surface area contributed by atoms with Crippen molar-refractivity contribution in [2.75, 3.05) is 39.2 Å². The number of nitrogens with zero attached hydrogens (tertiary/aromatic N) is 1. The van der Waals surface area contributed by atoms with E-state index >= 15 is 0 Å². The molecule has 1 aliphatic rings. The minimum atomic E-state index is -0.0516. The lowest BCUT2D eigenvalue weighted by atomic mass is 10.2. The van der Waals surface area contributed by atoms with Crippen LogP contribution in [0.3, 0.4) is 0 Å². The highest BCUT2D eigenvalue weighted by molar-refractivity contribution is 6.32. The summed E-state index contributed by atoms with van der Waals surface area (Å²) in [7, 11) is 3.97. The van der Waals surface area contributed by atoms with Crippen molar-refractivity contribution >= 4 is 23.2 Å². The predicted octanol–water partition coefficient (Wildman–Crippen LogP) is 2.79. The van der Waals surface area contributed by atoms with Gasteiger partial charge in [-0.3, -0.25) is 4.79 Å². The van der Waals surface area contributed by atoms with Crippen molar-refractivity contribution in [2.24, 2.45) is 0 Å². The SMILES string of the molecule is CN(C)CCOc1ccc(NC(=O)C[C@@H]2CCCO2)cc1Cl. The summed E-state index contributed by atoms with van der Waals surface area (Å²) >= 11 is 6.18. The number of nitrogens with one attached hydrogen (secondary N) is 1. The van der Waals surface area contributed by atoms with Crippen molar-refractivity contribution in [1.82, 2.24) is 4.90 Å². The van der Waals surface area contributed by atoms with Crippen LogP contribution in [0.25, 0.3) is 0 Å². The summed E-state index contributed by atoms with van der Waals surface area (Å²) in [5.41, 5.74) is 0.674. The Morgan fingerprint density at radius 2 is 2.32 bits per heavy atom. The summed E-state index contributed by atoms with van der Waals surface area (Å²) < 4.78 is 11.1. The minimum Gasteiger partial charge on any atom is -0.491 e. The second-order valence-corrected chi connectivity index (χ2v) is 6.09. The summed E-state index contributed by atoms with van der Waals surface area (Å²) in [5, 5.41) is 3.34. The molecule has 0 spiro atoms. The molecule has 0 radical (unpaired) electrons. The van der Waals surface area contributed by atoms with Gasteiger partial charge in [-0.15, -0.1) is 0 Å². The lowest BCUT2D eigenvalue weighted by molar-refractivity contribution is -0.118. The molecule has 1 atom stereocenters. The zero-order valence-corrected chi connectivity index (χ0v) is 13.9. The van der Waals surface area contributed by atoms with Crippen LogP contribution >= 0.6 is 11.6 Å². The van der Waals surface area contributed by atoms with Crippen molar-refractivity contribution in [3.63, 3.8) is 0 Å². The number of benzene rings is 1. The van der Waals surface area contributed by atoms with E-state index in [1.165, 1.54) is 0 Å². The Kier molecular flexibility index (Phi) is 6.49. The monoisotopic (exact) mass is 326 g/mol. The molecule has 122 valence electrons. The highest BCUT2D eigenvalue weighted by Crippen LogP contribution is 2.28. The van der Waals surface area contributed by atoms with Crippen molar-refractivity contribution in [3.05, 3.63) is 23.2 Å². The van der Waals surface area contributed by atoms with Gasteiger partial charge in [-0.1, -0.05) is 11.6 Å². The number of hydrogen-bond acceptors (Lipinski definition) is 4. The van der Waals surface area contributed by atoms with Crippen LogP contribution in [0.15, 0.2) is 18.2 Å². The Balaban J connectivity index is 1.84. The smallest absolute Gasteiger partial charge is 0.226 e. The van der Waals surface area contributed by atoms with Gasteiger partial charge in [0.05, 0.1) is 17.5 Å². The lowest BCUT2D eigenvalue weighted by Crippen LogP contribution is -2.20. The van der Waals surface area contributed by atoms with Crippen LogP contribution in [0.4, 0.5) is 5.69 Å². The van der Waals surface area contributed by atoms with Gasteiger partial charge in [-0.2, -0.15) is 0 Å². The van der Waals surface area contributed by atoms with Crippen LogP contribution in [-0.2, 0) is 9.53 Å². The number of halogens is 1. The van der Waals surface area contributed by atoms with Crippen LogP contribution in [0.2, 0.25) is 5.02 Å². The second-order valence-electron chi connectivity index (χ2n) is 5.68. The van der Waals surface area contributed by atoms with E-state index < -0.39 is 0 Å². The summed E-state index contributed by atoms with van der Waals surface area (Å²) in [6.45, 7) is 2.14. The van der Waals surface area contributed by atoms with E-state index in [2.05, 4.69) is 5.32 Å². The molecule has 1 aliphatic heterocycles. The van der Waals surface area contributed by atoms with Crippen molar-refractivity contribution in [2.45, 2.75) is 25.4 Å². The van der Waals surface area contributed by atoms with E-state index in [0.717, 1.165) is 26.0 Å². The molecule has 1 N–H and O–H groups in total. The molecule has 0 unspecified atom stereocenters. The van der Waals surface area contributed by atoms with Crippen LogP contribution in [0, 0.1) is 0 Å². The Hall–Kier alpha value is -1.30. The van der Waals surface area contributed by atoms with Gasteiger partial charge >= 0.3 is 0 Å². The second kappa shape index (κ2) is 8.36. The number of anilines is 1. The fourth-order valence-electron chi connectivity index (χ4n) is 2.26. The first-order chi connectivity index (χ1) is 10.5. The molecule has 0 aromatic heterocycles. The minimum absolute atomic E-state index is 0.0455. The van der Waals surface area contributed by atoms with Gasteiger partial charge in [-0.05, 0) is 45.1 Å². The molecule has 22 heavy (non-hydrogen) atoms. The summed E-state index contributed by atoms with van der Waals surface area (Å²) in [4.78, 5) is 14.0.